The minimum atomic E-state index is -3.28. The second-order valence-electron chi connectivity index (χ2n) is 7.03. The Morgan fingerprint density at radius 3 is 2.48 bits per heavy atom. The van der Waals surface area contributed by atoms with E-state index in [0.717, 1.165) is 19.1 Å². The number of anilines is 1. The van der Waals surface area contributed by atoms with Gasteiger partial charge in [0, 0.05) is 24.0 Å². The number of nitrogens with one attached hydrogen (secondary N) is 1. The van der Waals surface area contributed by atoms with E-state index >= 15 is 0 Å². The maximum atomic E-state index is 11.5. The Kier molecular flexibility index (Phi) is 4.60. The molecule has 1 aliphatic heterocycles. The van der Waals surface area contributed by atoms with Gasteiger partial charge in [-0.25, -0.2) is 13.4 Å². The van der Waals surface area contributed by atoms with Crippen LogP contribution in [0, 0.1) is 0 Å². The molecule has 0 atom stereocenters. The van der Waals surface area contributed by atoms with Gasteiger partial charge in [0.05, 0.1) is 9.92 Å². The van der Waals surface area contributed by atoms with Crippen LogP contribution in [0.1, 0.15) is 39.0 Å². The second kappa shape index (κ2) is 6.22. The first-order valence-corrected chi connectivity index (χ1v) is 10.4. The van der Waals surface area contributed by atoms with Crippen LogP contribution in [0.3, 0.4) is 0 Å². The van der Waals surface area contributed by atoms with E-state index < -0.39 is 9.84 Å². The van der Waals surface area contributed by atoms with E-state index in [1.165, 1.54) is 44.6 Å². The molecular formula is C16H24ClN3O2S. The van der Waals surface area contributed by atoms with E-state index in [1.807, 2.05) is 0 Å². The van der Waals surface area contributed by atoms with Crippen molar-refractivity contribution in [3.63, 3.8) is 0 Å². The summed E-state index contributed by atoms with van der Waals surface area (Å²) in [7, 11) is -3.28. The number of likely N-dealkylation sites (tertiary alicyclic amines) is 1. The van der Waals surface area contributed by atoms with Gasteiger partial charge in [0.1, 0.15) is 5.82 Å². The van der Waals surface area contributed by atoms with Gasteiger partial charge in [-0.3, -0.25) is 4.90 Å². The van der Waals surface area contributed by atoms with Crippen molar-refractivity contribution in [2.24, 2.45) is 0 Å². The number of sulfone groups is 1. The van der Waals surface area contributed by atoms with E-state index in [-0.39, 0.29) is 4.90 Å². The SMILES string of the molecule is CC1(N2CCC2)CCC(Nc2ncc(S(C)(=O)=O)cc2Cl)CC1. The maximum Gasteiger partial charge on any atom is 0.177 e. The van der Waals surface area contributed by atoms with Crippen LogP contribution in [0.4, 0.5) is 5.82 Å². The zero-order valence-electron chi connectivity index (χ0n) is 13.7. The summed E-state index contributed by atoms with van der Waals surface area (Å²) in [5.41, 5.74) is 0.341. The van der Waals surface area contributed by atoms with E-state index in [9.17, 15) is 8.42 Å². The summed E-state index contributed by atoms with van der Waals surface area (Å²) < 4.78 is 23.1. The van der Waals surface area contributed by atoms with Crippen LogP contribution in [0.5, 0.6) is 0 Å². The Balaban J connectivity index is 1.62. The molecule has 0 radical (unpaired) electrons. The lowest BCUT2D eigenvalue weighted by molar-refractivity contribution is 0.0127. The van der Waals surface area contributed by atoms with Gasteiger partial charge < -0.3 is 5.32 Å². The van der Waals surface area contributed by atoms with Crippen molar-refractivity contribution in [1.29, 1.82) is 0 Å². The highest BCUT2D eigenvalue weighted by atomic mass is 35.5. The fourth-order valence-corrected chi connectivity index (χ4v) is 4.34. The lowest BCUT2D eigenvalue weighted by Crippen LogP contribution is -2.55. The van der Waals surface area contributed by atoms with Gasteiger partial charge in [0.2, 0.25) is 0 Å². The summed E-state index contributed by atoms with van der Waals surface area (Å²) in [4.78, 5) is 6.95. The molecule has 5 nitrogen and oxygen atoms in total. The smallest absolute Gasteiger partial charge is 0.177 e. The Morgan fingerprint density at radius 2 is 2.00 bits per heavy atom. The molecule has 2 aliphatic rings. The lowest BCUT2D eigenvalue weighted by atomic mass is 9.78. The number of aromatic nitrogens is 1. The molecule has 0 bridgehead atoms. The van der Waals surface area contributed by atoms with Crippen LogP contribution in [0.15, 0.2) is 17.2 Å². The third kappa shape index (κ3) is 3.64. The number of rotatable bonds is 4. The summed E-state index contributed by atoms with van der Waals surface area (Å²) >= 11 is 6.20. The maximum absolute atomic E-state index is 11.5. The Hall–Kier alpha value is -0.850. The van der Waals surface area contributed by atoms with Crippen molar-refractivity contribution in [3.8, 4) is 0 Å². The first kappa shape index (κ1) is 17.0. The average molecular weight is 358 g/mol. The third-order valence-electron chi connectivity index (χ3n) is 5.27. The zero-order chi connectivity index (χ0) is 16.7. The fourth-order valence-electron chi connectivity index (χ4n) is 3.48. The topological polar surface area (TPSA) is 62.3 Å². The van der Waals surface area contributed by atoms with Crippen LogP contribution in [-0.2, 0) is 9.84 Å². The molecule has 7 heteroatoms. The molecule has 1 aromatic heterocycles. The summed E-state index contributed by atoms with van der Waals surface area (Å²) in [6, 6.07) is 1.82. The minimum Gasteiger partial charge on any atom is -0.366 e. The second-order valence-corrected chi connectivity index (χ2v) is 9.45. The monoisotopic (exact) mass is 357 g/mol. The molecule has 0 spiro atoms. The first-order valence-electron chi connectivity index (χ1n) is 8.15. The van der Waals surface area contributed by atoms with Crippen LogP contribution in [-0.4, -0.2) is 49.2 Å². The molecule has 2 heterocycles. The molecule has 0 aromatic carbocycles. The van der Waals surface area contributed by atoms with Crippen molar-refractivity contribution in [2.75, 3.05) is 24.7 Å². The summed E-state index contributed by atoms with van der Waals surface area (Å²) in [5.74, 6) is 0.580. The number of halogens is 1. The molecule has 1 aliphatic carbocycles. The van der Waals surface area contributed by atoms with Crippen molar-refractivity contribution in [2.45, 2.75) is 55.5 Å². The lowest BCUT2D eigenvalue weighted by Gasteiger charge is -2.50. The predicted octanol–water partition coefficient (Wildman–Crippen LogP) is 2.96. The van der Waals surface area contributed by atoms with Crippen LogP contribution in [0.2, 0.25) is 5.02 Å². The molecule has 2 fully saturated rings. The first-order chi connectivity index (χ1) is 10.8. The Morgan fingerprint density at radius 1 is 1.35 bits per heavy atom. The molecule has 1 N–H and O–H groups in total. The van der Waals surface area contributed by atoms with Crippen LogP contribution in [0.25, 0.3) is 0 Å². The molecule has 128 valence electrons. The number of pyridine rings is 1. The van der Waals surface area contributed by atoms with Gasteiger partial charge in [-0.15, -0.1) is 0 Å². The zero-order valence-corrected chi connectivity index (χ0v) is 15.3. The van der Waals surface area contributed by atoms with Gasteiger partial charge >= 0.3 is 0 Å². The Bertz CT molecular complexity index is 681. The van der Waals surface area contributed by atoms with Gasteiger partial charge in [-0.05, 0) is 58.2 Å². The highest BCUT2D eigenvalue weighted by Crippen LogP contribution is 2.37. The van der Waals surface area contributed by atoms with Crippen LogP contribution >= 0.6 is 11.6 Å². The highest BCUT2D eigenvalue weighted by molar-refractivity contribution is 7.90. The molecule has 0 unspecified atom stereocenters. The van der Waals surface area contributed by atoms with Crippen LogP contribution < -0.4 is 5.32 Å². The van der Waals surface area contributed by atoms with E-state index in [4.69, 9.17) is 11.6 Å². The molecule has 3 rings (SSSR count). The van der Waals surface area contributed by atoms with Gasteiger partial charge in [-0.1, -0.05) is 11.6 Å². The molecule has 1 saturated heterocycles. The average Bonchev–Trinajstić information content (AvgIpc) is 2.40. The standard InChI is InChI=1S/C16H24ClN3O2S/c1-16(20-8-3-9-20)6-4-12(5-7-16)19-15-14(17)10-13(11-18-15)23(2,21)22/h10-12H,3-9H2,1-2H3,(H,18,19). The van der Waals surface area contributed by atoms with E-state index in [2.05, 4.69) is 22.1 Å². The number of hydrogen-bond donors (Lipinski definition) is 1. The van der Waals surface area contributed by atoms with Crippen molar-refractivity contribution >= 4 is 27.3 Å². The largest absolute Gasteiger partial charge is 0.366 e. The quantitative estimate of drug-likeness (QED) is 0.897. The van der Waals surface area contributed by atoms with Gasteiger partial charge in [0.25, 0.3) is 0 Å². The number of hydrogen-bond acceptors (Lipinski definition) is 5. The molecule has 1 saturated carbocycles. The molecule has 0 amide bonds. The fraction of sp³-hybridized carbons (Fsp3) is 0.688. The van der Waals surface area contributed by atoms with Crippen molar-refractivity contribution in [1.82, 2.24) is 9.88 Å². The predicted molar refractivity (Wildman–Crippen MR) is 92.8 cm³/mol. The van der Waals surface area contributed by atoms with E-state index in [1.54, 1.807) is 0 Å². The summed E-state index contributed by atoms with van der Waals surface area (Å²) in [6.07, 6.45) is 8.36. The number of nitrogens with zero attached hydrogens (tertiary/aromatic N) is 2. The minimum absolute atomic E-state index is 0.155. The Labute approximate surface area is 143 Å². The molecule has 1 aromatic rings. The van der Waals surface area contributed by atoms with Gasteiger partial charge in [-0.2, -0.15) is 0 Å². The van der Waals surface area contributed by atoms with Crippen molar-refractivity contribution in [3.05, 3.63) is 17.3 Å². The highest BCUT2D eigenvalue weighted by Gasteiger charge is 2.38. The normalized spacial score (nSPS) is 29.1. The van der Waals surface area contributed by atoms with Gasteiger partial charge in [0.15, 0.2) is 9.84 Å². The summed E-state index contributed by atoms with van der Waals surface area (Å²) in [6.45, 7) is 4.83. The molecule has 23 heavy (non-hydrogen) atoms. The molecular weight excluding hydrogens is 334 g/mol. The summed E-state index contributed by atoms with van der Waals surface area (Å²) in [5, 5.41) is 3.75. The third-order valence-corrected chi connectivity index (χ3v) is 6.64. The van der Waals surface area contributed by atoms with E-state index in [0.29, 0.717) is 22.4 Å². The van der Waals surface area contributed by atoms with Crippen molar-refractivity contribution < 1.29 is 8.42 Å².